The Morgan fingerprint density at radius 1 is 1.40 bits per heavy atom. The molecule has 1 aromatic carbocycles. The number of carbonyl (C=O) groups excluding carboxylic acids is 2. The quantitative estimate of drug-likeness (QED) is 0.778. The van der Waals surface area contributed by atoms with Gasteiger partial charge < -0.3 is 15.4 Å². The number of rotatable bonds is 6. The second-order valence-corrected chi connectivity index (χ2v) is 4.73. The van der Waals surface area contributed by atoms with E-state index in [2.05, 4.69) is 10.6 Å². The highest BCUT2D eigenvalue weighted by atomic mass is 16.5. The maximum absolute atomic E-state index is 12.0. The summed E-state index contributed by atoms with van der Waals surface area (Å²) in [6.45, 7) is 3.91. The van der Waals surface area contributed by atoms with E-state index < -0.39 is 0 Å². The van der Waals surface area contributed by atoms with Gasteiger partial charge in [-0.1, -0.05) is 0 Å². The molecule has 0 saturated carbocycles. The van der Waals surface area contributed by atoms with Gasteiger partial charge >= 0.3 is 0 Å². The maximum atomic E-state index is 12.0. The van der Waals surface area contributed by atoms with Crippen molar-refractivity contribution in [3.8, 4) is 0 Å². The summed E-state index contributed by atoms with van der Waals surface area (Å²) in [6.07, 6.45) is 1.97. The zero-order valence-electron chi connectivity index (χ0n) is 11.7. The zero-order valence-corrected chi connectivity index (χ0v) is 11.7. The Hall–Kier alpha value is -1.88. The molecule has 1 aliphatic rings. The minimum atomic E-state index is -0.0822. The molecule has 0 bridgehead atoms. The smallest absolute Gasteiger partial charge is 0.251 e. The van der Waals surface area contributed by atoms with Crippen LogP contribution in [-0.2, 0) is 16.0 Å². The molecule has 1 heterocycles. The van der Waals surface area contributed by atoms with Crippen LogP contribution in [0.1, 0.15) is 35.7 Å². The van der Waals surface area contributed by atoms with Crippen LogP contribution in [-0.4, -0.2) is 31.6 Å². The molecule has 0 aromatic heterocycles. The van der Waals surface area contributed by atoms with Crippen LogP contribution in [0, 0.1) is 0 Å². The Morgan fingerprint density at radius 3 is 3.05 bits per heavy atom. The summed E-state index contributed by atoms with van der Waals surface area (Å²) in [4.78, 5) is 23.3. The van der Waals surface area contributed by atoms with Crippen LogP contribution in [0.25, 0.3) is 0 Å². The average molecular weight is 276 g/mol. The summed E-state index contributed by atoms with van der Waals surface area (Å²) in [7, 11) is 0. The van der Waals surface area contributed by atoms with Gasteiger partial charge in [-0.2, -0.15) is 0 Å². The summed E-state index contributed by atoms with van der Waals surface area (Å²) < 4.78 is 5.21. The van der Waals surface area contributed by atoms with Crippen LogP contribution in [0.2, 0.25) is 0 Å². The molecular formula is C15H20N2O3. The van der Waals surface area contributed by atoms with Crippen LogP contribution in [0.15, 0.2) is 18.2 Å². The van der Waals surface area contributed by atoms with E-state index in [4.69, 9.17) is 4.74 Å². The van der Waals surface area contributed by atoms with Crippen molar-refractivity contribution in [1.82, 2.24) is 5.32 Å². The lowest BCUT2D eigenvalue weighted by Gasteiger charge is -2.17. The molecule has 0 spiro atoms. The largest absolute Gasteiger partial charge is 0.382 e. The normalized spacial score (nSPS) is 13.6. The van der Waals surface area contributed by atoms with E-state index in [1.54, 1.807) is 12.1 Å². The van der Waals surface area contributed by atoms with Crippen molar-refractivity contribution in [2.24, 2.45) is 0 Å². The van der Waals surface area contributed by atoms with Gasteiger partial charge in [-0.05, 0) is 43.5 Å². The summed E-state index contributed by atoms with van der Waals surface area (Å²) >= 11 is 0. The molecule has 0 aliphatic carbocycles. The predicted molar refractivity (Wildman–Crippen MR) is 76.8 cm³/mol. The molecule has 2 N–H and O–H groups in total. The van der Waals surface area contributed by atoms with Crippen LogP contribution in [0.5, 0.6) is 0 Å². The first kappa shape index (κ1) is 14.5. The Labute approximate surface area is 118 Å². The first-order valence-electron chi connectivity index (χ1n) is 6.99. The van der Waals surface area contributed by atoms with Gasteiger partial charge in [-0.25, -0.2) is 0 Å². The van der Waals surface area contributed by atoms with Crippen LogP contribution in [0.4, 0.5) is 5.69 Å². The fourth-order valence-corrected chi connectivity index (χ4v) is 2.15. The first-order valence-corrected chi connectivity index (χ1v) is 6.99. The SMILES string of the molecule is CCOCCCNC(=O)c1ccc2c(c1)CCC(=O)N2. The molecule has 2 rings (SSSR count). The number of fused-ring (bicyclic) bond motifs is 1. The van der Waals surface area contributed by atoms with Gasteiger partial charge in [0.2, 0.25) is 5.91 Å². The minimum absolute atomic E-state index is 0.0330. The maximum Gasteiger partial charge on any atom is 0.251 e. The highest BCUT2D eigenvalue weighted by molar-refractivity contribution is 5.97. The molecule has 5 heteroatoms. The third kappa shape index (κ3) is 3.81. The van der Waals surface area contributed by atoms with Crippen LogP contribution < -0.4 is 10.6 Å². The third-order valence-corrected chi connectivity index (χ3v) is 3.22. The molecular weight excluding hydrogens is 256 g/mol. The van der Waals surface area contributed by atoms with Crippen molar-refractivity contribution in [3.63, 3.8) is 0 Å². The number of benzene rings is 1. The lowest BCUT2D eigenvalue weighted by Crippen LogP contribution is -2.26. The van der Waals surface area contributed by atoms with Crippen molar-refractivity contribution in [1.29, 1.82) is 0 Å². The van der Waals surface area contributed by atoms with E-state index >= 15 is 0 Å². The van der Waals surface area contributed by atoms with Gasteiger partial charge in [0, 0.05) is 37.4 Å². The molecule has 20 heavy (non-hydrogen) atoms. The van der Waals surface area contributed by atoms with Gasteiger partial charge in [-0.3, -0.25) is 9.59 Å². The molecule has 0 unspecified atom stereocenters. The van der Waals surface area contributed by atoms with Crippen LogP contribution >= 0.6 is 0 Å². The van der Waals surface area contributed by atoms with Gasteiger partial charge in [0.15, 0.2) is 0 Å². The second-order valence-electron chi connectivity index (χ2n) is 4.73. The number of aryl methyl sites for hydroxylation is 1. The number of hydrogen-bond donors (Lipinski definition) is 2. The van der Waals surface area contributed by atoms with E-state index in [1.165, 1.54) is 0 Å². The van der Waals surface area contributed by atoms with E-state index in [-0.39, 0.29) is 11.8 Å². The molecule has 0 atom stereocenters. The fraction of sp³-hybridized carbons (Fsp3) is 0.467. The number of amides is 2. The molecule has 0 radical (unpaired) electrons. The second kappa shape index (κ2) is 7.05. The molecule has 5 nitrogen and oxygen atoms in total. The predicted octanol–water partition coefficient (Wildman–Crippen LogP) is 1.73. The molecule has 1 aromatic rings. The fourth-order valence-electron chi connectivity index (χ4n) is 2.15. The lowest BCUT2D eigenvalue weighted by atomic mass is 10.00. The van der Waals surface area contributed by atoms with E-state index in [1.807, 2.05) is 13.0 Å². The number of carbonyl (C=O) groups is 2. The van der Waals surface area contributed by atoms with E-state index in [0.29, 0.717) is 38.2 Å². The van der Waals surface area contributed by atoms with Crippen molar-refractivity contribution < 1.29 is 14.3 Å². The average Bonchev–Trinajstić information content (AvgIpc) is 2.46. The molecule has 0 saturated heterocycles. The van der Waals surface area contributed by atoms with E-state index in [9.17, 15) is 9.59 Å². The number of anilines is 1. The van der Waals surface area contributed by atoms with Crippen molar-refractivity contribution in [3.05, 3.63) is 29.3 Å². The van der Waals surface area contributed by atoms with Crippen molar-refractivity contribution in [2.75, 3.05) is 25.1 Å². The summed E-state index contributed by atoms with van der Waals surface area (Å²) in [5.74, 6) is -0.0492. The summed E-state index contributed by atoms with van der Waals surface area (Å²) in [5, 5.41) is 5.67. The first-order chi connectivity index (χ1) is 9.70. The highest BCUT2D eigenvalue weighted by Gasteiger charge is 2.16. The Bertz CT molecular complexity index is 500. The van der Waals surface area contributed by atoms with Gasteiger partial charge in [0.25, 0.3) is 5.91 Å². The standard InChI is InChI=1S/C15H20N2O3/c1-2-20-9-3-8-16-15(19)12-4-6-13-11(10-12)5-7-14(18)17-13/h4,6,10H,2-3,5,7-9H2,1H3,(H,16,19)(H,17,18). The Morgan fingerprint density at radius 2 is 2.25 bits per heavy atom. The summed E-state index contributed by atoms with van der Waals surface area (Å²) in [5.41, 5.74) is 2.47. The molecule has 108 valence electrons. The Balaban J connectivity index is 1.89. The Kier molecular flexibility index (Phi) is 5.12. The van der Waals surface area contributed by atoms with Gasteiger partial charge in [0.05, 0.1) is 0 Å². The third-order valence-electron chi connectivity index (χ3n) is 3.22. The lowest BCUT2D eigenvalue weighted by molar-refractivity contribution is -0.116. The van der Waals surface area contributed by atoms with Crippen LogP contribution in [0.3, 0.4) is 0 Å². The zero-order chi connectivity index (χ0) is 14.4. The number of nitrogens with one attached hydrogen (secondary N) is 2. The topological polar surface area (TPSA) is 67.4 Å². The monoisotopic (exact) mass is 276 g/mol. The molecule has 0 fully saturated rings. The number of hydrogen-bond acceptors (Lipinski definition) is 3. The van der Waals surface area contributed by atoms with Gasteiger partial charge in [0.1, 0.15) is 0 Å². The molecule has 2 amide bonds. The summed E-state index contributed by atoms with van der Waals surface area (Å²) in [6, 6.07) is 5.39. The number of ether oxygens (including phenoxy) is 1. The highest BCUT2D eigenvalue weighted by Crippen LogP contribution is 2.23. The molecule has 1 aliphatic heterocycles. The van der Waals surface area contributed by atoms with Gasteiger partial charge in [-0.15, -0.1) is 0 Å². The van der Waals surface area contributed by atoms with Crippen molar-refractivity contribution in [2.45, 2.75) is 26.2 Å². The van der Waals surface area contributed by atoms with E-state index in [0.717, 1.165) is 17.7 Å². The van der Waals surface area contributed by atoms with Crippen molar-refractivity contribution >= 4 is 17.5 Å². The minimum Gasteiger partial charge on any atom is -0.382 e.